The fraction of sp³-hybridized carbons (Fsp3) is 0.462. The number of nitrogens with zero attached hydrogens (tertiary/aromatic N) is 3. The van der Waals surface area contributed by atoms with E-state index in [1.165, 1.54) is 24.1 Å². The van der Waals surface area contributed by atoms with Crippen LogP contribution in [0.1, 0.15) is 50.3 Å². The summed E-state index contributed by atoms with van der Waals surface area (Å²) in [6.45, 7) is 8.32. The van der Waals surface area contributed by atoms with Crippen LogP contribution in [-0.2, 0) is 11.3 Å². The maximum Gasteiger partial charge on any atom is 0.224 e. The van der Waals surface area contributed by atoms with Gasteiger partial charge in [0.25, 0.3) is 0 Å². The maximum absolute atomic E-state index is 12.5. The van der Waals surface area contributed by atoms with E-state index in [1.54, 1.807) is 4.90 Å². The van der Waals surface area contributed by atoms with Crippen LogP contribution in [0.25, 0.3) is 0 Å². The summed E-state index contributed by atoms with van der Waals surface area (Å²) in [5, 5.41) is 6.79. The Morgan fingerprint density at radius 2 is 1.85 bits per heavy atom. The molecule has 2 aromatic carbocycles. The first-order valence-electron chi connectivity index (χ1n) is 11.7. The molecule has 1 aliphatic heterocycles. The molecule has 6 nitrogen and oxygen atoms in total. The lowest BCUT2D eigenvalue weighted by Crippen LogP contribution is -2.39. The van der Waals surface area contributed by atoms with Crippen molar-refractivity contribution in [3.05, 3.63) is 65.7 Å². The third-order valence-corrected chi connectivity index (χ3v) is 5.82. The highest BCUT2D eigenvalue weighted by Gasteiger charge is 2.15. The number of carbonyl (C=O) groups is 1. The molecule has 0 aliphatic carbocycles. The zero-order valence-electron chi connectivity index (χ0n) is 20.1. The summed E-state index contributed by atoms with van der Waals surface area (Å²) in [6, 6.07) is 18.9. The van der Waals surface area contributed by atoms with Gasteiger partial charge in [0.2, 0.25) is 5.91 Å². The molecule has 0 bridgehead atoms. The number of aliphatic imine (C=N–C) groups is 1. The van der Waals surface area contributed by atoms with E-state index >= 15 is 0 Å². The van der Waals surface area contributed by atoms with Crippen molar-refractivity contribution in [2.24, 2.45) is 4.99 Å². The minimum Gasteiger partial charge on any atom is -0.372 e. The Hall–Kier alpha value is -2.29. The Morgan fingerprint density at radius 1 is 1.12 bits per heavy atom. The Balaban J connectivity index is 0.00000385. The van der Waals surface area contributed by atoms with E-state index in [0.717, 1.165) is 31.2 Å². The van der Waals surface area contributed by atoms with Crippen molar-refractivity contribution < 1.29 is 4.79 Å². The van der Waals surface area contributed by atoms with E-state index in [2.05, 4.69) is 58.6 Å². The number of halogens is 1. The van der Waals surface area contributed by atoms with Crippen LogP contribution in [-0.4, -0.2) is 50.0 Å². The highest BCUT2D eigenvalue weighted by Crippen LogP contribution is 2.23. The molecule has 33 heavy (non-hydrogen) atoms. The molecule has 2 aromatic rings. The van der Waals surface area contributed by atoms with Crippen molar-refractivity contribution in [1.82, 2.24) is 15.5 Å². The predicted molar refractivity (Wildman–Crippen MR) is 148 cm³/mol. The lowest BCUT2D eigenvalue weighted by Gasteiger charge is -2.22. The van der Waals surface area contributed by atoms with E-state index in [1.807, 2.05) is 37.4 Å². The van der Waals surface area contributed by atoms with Gasteiger partial charge in [-0.05, 0) is 49.9 Å². The van der Waals surface area contributed by atoms with E-state index in [4.69, 9.17) is 0 Å². The molecule has 1 amide bonds. The Bertz CT molecular complexity index is 883. The van der Waals surface area contributed by atoms with E-state index in [-0.39, 0.29) is 35.9 Å². The first-order chi connectivity index (χ1) is 15.6. The number of nitrogens with one attached hydrogen (secondary N) is 2. The van der Waals surface area contributed by atoms with Gasteiger partial charge in [-0.1, -0.05) is 42.5 Å². The van der Waals surface area contributed by atoms with E-state index < -0.39 is 0 Å². The van der Waals surface area contributed by atoms with Crippen molar-refractivity contribution in [1.29, 1.82) is 0 Å². The van der Waals surface area contributed by atoms with Gasteiger partial charge >= 0.3 is 0 Å². The highest BCUT2D eigenvalue weighted by atomic mass is 127. The second-order valence-electron chi connectivity index (χ2n) is 8.40. The van der Waals surface area contributed by atoms with Gasteiger partial charge < -0.3 is 20.4 Å². The molecule has 1 fully saturated rings. The number of hydrogen-bond acceptors (Lipinski definition) is 3. The molecule has 7 heteroatoms. The SMILES string of the molecule is CCNC(=NCCC(=O)N(C)Cc1ccccc1)NC(C)c1cccc(N2CCCC2)c1.I. The van der Waals surface area contributed by atoms with Gasteiger partial charge in [-0.2, -0.15) is 0 Å². The molecule has 3 rings (SSSR count). The average molecular weight is 564 g/mol. The van der Waals surface area contributed by atoms with E-state index in [0.29, 0.717) is 19.5 Å². The Kier molecular flexibility index (Phi) is 11.5. The molecule has 180 valence electrons. The number of rotatable bonds is 9. The van der Waals surface area contributed by atoms with Gasteiger partial charge in [0.05, 0.1) is 12.6 Å². The topological polar surface area (TPSA) is 60.0 Å². The van der Waals surface area contributed by atoms with Gasteiger partial charge in [0.1, 0.15) is 0 Å². The van der Waals surface area contributed by atoms with Crippen molar-refractivity contribution in [3.63, 3.8) is 0 Å². The number of carbonyl (C=O) groups excluding carboxylic acids is 1. The van der Waals surface area contributed by atoms with Crippen LogP contribution in [0.15, 0.2) is 59.6 Å². The lowest BCUT2D eigenvalue weighted by molar-refractivity contribution is -0.130. The Morgan fingerprint density at radius 3 is 2.55 bits per heavy atom. The second kappa shape index (κ2) is 14.1. The minimum atomic E-state index is 0. The van der Waals surface area contributed by atoms with Crippen LogP contribution in [0.2, 0.25) is 0 Å². The summed E-state index contributed by atoms with van der Waals surface area (Å²) in [5.41, 5.74) is 3.66. The zero-order valence-corrected chi connectivity index (χ0v) is 22.4. The zero-order chi connectivity index (χ0) is 22.8. The van der Waals surface area contributed by atoms with Gasteiger partial charge in [0.15, 0.2) is 5.96 Å². The number of benzene rings is 2. The van der Waals surface area contributed by atoms with Crippen molar-refractivity contribution in [2.45, 2.75) is 45.7 Å². The highest BCUT2D eigenvalue weighted by molar-refractivity contribution is 14.0. The van der Waals surface area contributed by atoms with Crippen LogP contribution in [0.4, 0.5) is 5.69 Å². The van der Waals surface area contributed by atoms with Crippen LogP contribution >= 0.6 is 24.0 Å². The third kappa shape index (κ3) is 8.53. The standard InChI is InChI=1S/C26H37N5O.HI/c1-4-27-26(28-16-15-25(32)30(3)20-22-11-6-5-7-12-22)29-21(2)23-13-10-14-24(19-23)31-17-8-9-18-31;/h5-7,10-14,19,21H,4,8-9,15-18,20H2,1-3H3,(H2,27,28,29);1H. The number of hydrogen-bond donors (Lipinski definition) is 2. The molecule has 1 saturated heterocycles. The van der Waals surface area contributed by atoms with Gasteiger partial charge in [-0.15, -0.1) is 24.0 Å². The third-order valence-electron chi connectivity index (χ3n) is 5.82. The molecule has 0 saturated carbocycles. The molecular formula is C26H38IN5O. The van der Waals surface area contributed by atoms with Crippen LogP contribution in [0.5, 0.6) is 0 Å². The van der Waals surface area contributed by atoms with Crippen molar-refractivity contribution >= 4 is 41.5 Å². The summed E-state index contributed by atoms with van der Waals surface area (Å²) < 4.78 is 0. The number of amides is 1. The monoisotopic (exact) mass is 563 g/mol. The predicted octanol–water partition coefficient (Wildman–Crippen LogP) is 4.57. The molecule has 0 radical (unpaired) electrons. The van der Waals surface area contributed by atoms with Crippen LogP contribution < -0.4 is 15.5 Å². The summed E-state index contributed by atoms with van der Waals surface area (Å²) in [6.07, 6.45) is 2.93. The molecule has 1 aliphatic rings. The lowest BCUT2D eigenvalue weighted by atomic mass is 10.1. The molecule has 1 atom stereocenters. The molecular weight excluding hydrogens is 525 g/mol. The fourth-order valence-corrected chi connectivity index (χ4v) is 3.97. The summed E-state index contributed by atoms with van der Waals surface area (Å²) in [4.78, 5) is 21.4. The summed E-state index contributed by atoms with van der Waals surface area (Å²) in [5.74, 6) is 0.838. The second-order valence-corrected chi connectivity index (χ2v) is 8.40. The quantitative estimate of drug-likeness (QED) is 0.267. The Labute approximate surface area is 215 Å². The smallest absolute Gasteiger partial charge is 0.224 e. The van der Waals surface area contributed by atoms with Gasteiger partial charge in [-0.25, -0.2) is 0 Å². The van der Waals surface area contributed by atoms with Crippen molar-refractivity contribution in [3.8, 4) is 0 Å². The average Bonchev–Trinajstić information content (AvgIpc) is 3.35. The fourth-order valence-electron chi connectivity index (χ4n) is 3.97. The molecule has 0 aromatic heterocycles. The summed E-state index contributed by atoms with van der Waals surface area (Å²) >= 11 is 0. The largest absolute Gasteiger partial charge is 0.372 e. The first-order valence-corrected chi connectivity index (χ1v) is 11.7. The number of anilines is 1. The molecule has 2 N–H and O–H groups in total. The first kappa shape index (κ1) is 27.0. The molecule has 1 heterocycles. The normalized spacial score (nSPS) is 14.4. The summed E-state index contributed by atoms with van der Waals surface area (Å²) in [7, 11) is 1.85. The van der Waals surface area contributed by atoms with Crippen LogP contribution in [0, 0.1) is 0 Å². The minimum absolute atomic E-state index is 0. The van der Waals surface area contributed by atoms with Crippen molar-refractivity contribution in [2.75, 3.05) is 38.1 Å². The number of guanidine groups is 1. The van der Waals surface area contributed by atoms with Gasteiger partial charge in [-0.3, -0.25) is 9.79 Å². The molecule has 1 unspecified atom stereocenters. The molecule has 0 spiro atoms. The van der Waals surface area contributed by atoms with Crippen LogP contribution in [0.3, 0.4) is 0 Å². The maximum atomic E-state index is 12.5. The van der Waals surface area contributed by atoms with E-state index in [9.17, 15) is 4.79 Å². The van der Waals surface area contributed by atoms with Gasteiger partial charge in [0, 0.05) is 45.3 Å².